The highest BCUT2D eigenvalue weighted by atomic mass is 16.5. The number of hydrogen-bond donors (Lipinski definition) is 0. The van der Waals surface area contributed by atoms with E-state index in [0.717, 1.165) is 19.3 Å². The molecule has 1 aliphatic heterocycles. The van der Waals surface area contributed by atoms with Crippen LogP contribution in [0.2, 0.25) is 0 Å². The maximum Gasteiger partial charge on any atom is 0.308 e. The van der Waals surface area contributed by atoms with Crippen molar-refractivity contribution in [1.82, 2.24) is 0 Å². The van der Waals surface area contributed by atoms with E-state index < -0.39 is 5.60 Å². The fourth-order valence-electron chi connectivity index (χ4n) is 6.24. The molecule has 0 N–H and O–H groups in total. The van der Waals surface area contributed by atoms with Crippen LogP contribution in [0.3, 0.4) is 0 Å². The van der Waals surface area contributed by atoms with E-state index in [1.807, 2.05) is 0 Å². The third kappa shape index (κ3) is 2.46. The number of allylic oxidation sites excluding steroid dienone is 1. The Morgan fingerprint density at radius 1 is 1.21 bits per heavy atom. The molecule has 0 aromatic carbocycles. The van der Waals surface area contributed by atoms with Gasteiger partial charge in [-0.15, -0.1) is 0 Å². The van der Waals surface area contributed by atoms with Crippen molar-refractivity contribution in [3.8, 4) is 0 Å². The second kappa shape index (κ2) is 5.59. The molecule has 3 heteroatoms. The van der Waals surface area contributed by atoms with Crippen LogP contribution in [0.15, 0.2) is 11.6 Å². The van der Waals surface area contributed by atoms with Crippen molar-refractivity contribution in [2.24, 2.45) is 16.7 Å². The Hall–Kier alpha value is -0.830. The topological polar surface area (TPSA) is 35.5 Å². The minimum Gasteiger partial charge on any atom is -0.469 e. The molecule has 0 aromatic rings. The molecule has 3 nitrogen and oxygen atoms in total. The fraction of sp³-hybridized carbons (Fsp3) is 0.857. The fourth-order valence-corrected chi connectivity index (χ4v) is 6.24. The number of rotatable bonds is 2. The van der Waals surface area contributed by atoms with Gasteiger partial charge in [0.1, 0.15) is 0 Å². The van der Waals surface area contributed by atoms with Gasteiger partial charge in [-0.2, -0.15) is 0 Å². The molecule has 1 saturated heterocycles. The minimum atomic E-state index is -0.408. The standard InChI is InChI=1S/C21H34O3/c1-15-8-9-16-18(2,3)10-7-11-20(16,5)21(15)13-12-19(4,24-21)14-17(22)23-6/h8,16H,7,9-14H2,1-6H3/t16-,19-,20+,21-/m0/s1. The summed E-state index contributed by atoms with van der Waals surface area (Å²) in [7, 11) is 1.46. The summed E-state index contributed by atoms with van der Waals surface area (Å²) >= 11 is 0. The number of ether oxygens (including phenoxy) is 2. The highest BCUT2D eigenvalue weighted by molar-refractivity contribution is 5.70. The lowest BCUT2D eigenvalue weighted by atomic mass is 9.46. The Kier molecular flexibility index (Phi) is 4.18. The lowest BCUT2D eigenvalue weighted by Crippen LogP contribution is -2.59. The predicted molar refractivity (Wildman–Crippen MR) is 95.7 cm³/mol. The Balaban J connectivity index is 1.98. The van der Waals surface area contributed by atoms with Gasteiger partial charge in [-0.3, -0.25) is 4.79 Å². The van der Waals surface area contributed by atoms with E-state index in [9.17, 15) is 4.79 Å². The molecule has 1 saturated carbocycles. The van der Waals surface area contributed by atoms with E-state index in [4.69, 9.17) is 9.47 Å². The van der Waals surface area contributed by atoms with Crippen molar-refractivity contribution in [3.63, 3.8) is 0 Å². The Morgan fingerprint density at radius 2 is 1.92 bits per heavy atom. The molecule has 0 unspecified atom stereocenters. The Labute approximate surface area is 147 Å². The van der Waals surface area contributed by atoms with Crippen molar-refractivity contribution in [2.75, 3.05) is 7.11 Å². The summed E-state index contributed by atoms with van der Waals surface area (Å²) in [4.78, 5) is 11.9. The molecule has 0 bridgehead atoms. The molecule has 2 aliphatic carbocycles. The van der Waals surface area contributed by atoms with Gasteiger partial charge in [0.05, 0.1) is 24.7 Å². The zero-order valence-corrected chi connectivity index (χ0v) is 16.3. The van der Waals surface area contributed by atoms with E-state index in [1.165, 1.54) is 31.9 Å². The van der Waals surface area contributed by atoms with E-state index >= 15 is 0 Å². The Bertz CT molecular complexity index is 563. The predicted octanol–water partition coefficient (Wildman–Crippen LogP) is 5.04. The SMILES string of the molecule is COC(=O)C[C@]1(C)CC[C@]2(O1)C(C)=CC[C@H]1C(C)(C)CCC[C@]12C. The Morgan fingerprint density at radius 3 is 2.58 bits per heavy atom. The lowest BCUT2D eigenvalue weighted by molar-refractivity contribution is -0.193. The van der Waals surface area contributed by atoms with Gasteiger partial charge in [0.15, 0.2) is 0 Å². The highest BCUT2D eigenvalue weighted by Crippen LogP contribution is 2.66. The van der Waals surface area contributed by atoms with Crippen LogP contribution >= 0.6 is 0 Å². The number of carbonyl (C=O) groups excluding carboxylic acids is 1. The van der Waals surface area contributed by atoms with Crippen LogP contribution in [0, 0.1) is 16.7 Å². The molecule has 4 atom stereocenters. The van der Waals surface area contributed by atoms with Crippen LogP contribution in [-0.4, -0.2) is 24.3 Å². The molecular weight excluding hydrogens is 300 g/mol. The third-order valence-electron chi connectivity index (χ3n) is 7.62. The number of methoxy groups -OCH3 is 1. The first kappa shape index (κ1) is 18.0. The van der Waals surface area contributed by atoms with Crippen LogP contribution < -0.4 is 0 Å². The lowest BCUT2D eigenvalue weighted by Gasteiger charge is -2.61. The van der Waals surface area contributed by atoms with Gasteiger partial charge in [0, 0.05) is 5.41 Å². The molecule has 0 amide bonds. The molecule has 3 aliphatic rings. The van der Waals surface area contributed by atoms with E-state index in [2.05, 4.69) is 40.7 Å². The summed E-state index contributed by atoms with van der Waals surface area (Å²) in [5.41, 5.74) is 1.27. The zero-order chi connectivity index (χ0) is 17.8. The average Bonchev–Trinajstić information content (AvgIpc) is 2.83. The number of fused-ring (bicyclic) bond motifs is 2. The van der Waals surface area contributed by atoms with Gasteiger partial charge in [-0.1, -0.05) is 33.3 Å². The maximum absolute atomic E-state index is 11.9. The quantitative estimate of drug-likeness (QED) is 0.524. The average molecular weight is 335 g/mol. The molecule has 136 valence electrons. The van der Waals surface area contributed by atoms with Crippen molar-refractivity contribution < 1.29 is 14.3 Å². The first-order chi connectivity index (χ1) is 11.1. The first-order valence-corrected chi connectivity index (χ1v) is 9.53. The summed E-state index contributed by atoms with van der Waals surface area (Å²) in [6.07, 6.45) is 9.67. The van der Waals surface area contributed by atoms with Crippen LogP contribution in [0.1, 0.15) is 79.6 Å². The van der Waals surface area contributed by atoms with Gasteiger partial charge in [-0.05, 0) is 62.9 Å². The van der Waals surface area contributed by atoms with Crippen LogP contribution in [-0.2, 0) is 14.3 Å². The minimum absolute atomic E-state index is 0.154. The molecule has 1 heterocycles. The van der Waals surface area contributed by atoms with Crippen molar-refractivity contribution in [3.05, 3.63) is 11.6 Å². The van der Waals surface area contributed by atoms with Crippen molar-refractivity contribution in [1.29, 1.82) is 0 Å². The zero-order valence-electron chi connectivity index (χ0n) is 16.3. The summed E-state index contributed by atoms with van der Waals surface area (Å²) in [5.74, 6) is 0.473. The molecule has 0 radical (unpaired) electrons. The van der Waals surface area contributed by atoms with Crippen molar-refractivity contribution >= 4 is 5.97 Å². The smallest absolute Gasteiger partial charge is 0.308 e. The van der Waals surface area contributed by atoms with Gasteiger partial charge < -0.3 is 9.47 Å². The van der Waals surface area contributed by atoms with E-state index in [-0.39, 0.29) is 17.0 Å². The van der Waals surface area contributed by atoms with Gasteiger partial charge >= 0.3 is 5.97 Å². The summed E-state index contributed by atoms with van der Waals surface area (Å²) < 4.78 is 11.8. The van der Waals surface area contributed by atoms with Crippen LogP contribution in [0.4, 0.5) is 0 Å². The molecule has 1 spiro atoms. The molecule has 0 aromatic heterocycles. The van der Waals surface area contributed by atoms with E-state index in [0.29, 0.717) is 17.8 Å². The van der Waals surface area contributed by atoms with Gasteiger partial charge in [0.2, 0.25) is 0 Å². The summed E-state index contributed by atoms with van der Waals surface area (Å²) in [6, 6.07) is 0. The number of carbonyl (C=O) groups is 1. The number of hydrogen-bond acceptors (Lipinski definition) is 3. The normalized spacial score (nSPS) is 44.1. The molecule has 3 rings (SSSR count). The van der Waals surface area contributed by atoms with Gasteiger partial charge in [-0.25, -0.2) is 0 Å². The van der Waals surface area contributed by atoms with E-state index in [1.54, 1.807) is 0 Å². The second-order valence-corrected chi connectivity index (χ2v) is 9.57. The summed E-state index contributed by atoms with van der Waals surface area (Å²) in [6.45, 7) is 11.7. The second-order valence-electron chi connectivity index (χ2n) is 9.57. The van der Waals surface area contributed by atoms with Crippen molar-refractivity contribution in [2.45, 2.75) is 90.8 Å². The summed E-state index contributed by atoms with van der Waals surface area (Å²) in [5, 5.41) is 0. The molecular formula is C21H34O3. The highest BCUT2D eigenvalue weighted by Gasteiger charge is 2.64. The number of esters is 1. The third-order valence-corrected chi connectivity index (χ3v) is 7.62. The molecule has 24 heavy (non-hydrogen) atoms. The van der Waals surface area contributed by atoms with Crippen LogP contribution in [0.25, 0.3) is 0 Å². The largest absolute Gasteiger partial charge is 0.469 e. The maximum atomic E-state index is 11.9. The molecule has 2 fully saturated rings. The first-order valence-electron chi connectivity index (χ1n) is 9.53. The monoisotopic (exact) mass is 334 g/mol. The van der Waals surface area contributed by atoms with Crippen LogP contribution in [0.5, 0.6) is 0 Å². The van der Waals surface area contributed by atoms with Gasteiger partial charge in [0.25, 0.3) is 0 Å².